The normalized spacial score (nSPS) is 21.4. The number of nitrogens with one attached hydrogen (secondary N) is 1. The van der Waals surface area contributed by atoms with Gasteiger partial charge >= 0.3 is 11.9 Å². The molecule has 0 aliphatic carbocycles. The highest BCUT2D eigenvalue weighted by atomic mass is 79.9. The maximum absolute atomic E-state index is 12.5. The fourth-order valence-corrected chi connectivity index (χ4v) is 4.69. The van der Waals surface area contributed by atoms with Gasteiger partial charge in [-0.15, -0.1) is 11.8 Å². The first kappa shape index (κ1) is 19.4. The van der Waals surface area contributed by atoms with Crippen molar-refractivity contribution in [2.24, 2.45) is 7.05 Å². The number of hydrogen-bond donors (Lipinski definition) is 2. The number of aryl methyl sites for hydroxylation is 1. The van der Waals surface area contributed by atoms with Gasteiger partial charge in [0, 0.05) is 31.5 Å². The second-order valence-electron chi connectivity index (χ2n) is 5.90. The number of hydrogen-bond acceptors (Lipinski definition) is 7. The van der Waals surface area contributed by atoms with E-state index in [4.69, 9.17) is 4.74 Å². The van der Waals surface area contributed by atoms with Crippen LogP contribution in [-0.2, 0) is 26.2 Å². The summed E-state index contributed by atoms with van der Waals surface area (Å²) in [5.41, 5.74) is 0.271. The minimum absolute atomic E-state index is 0.133. The van der Waals surface area contributed by atoms with Gasteiger partial charge in [-0.1, -0.05) is 0 Å². The number of halogens is 1. The predicted molar refractivity (Wildman–Crippen MR) is 96.5 cm³/mol. The molecule has 10 nitrogen and oxygen atoms in total. The highest BCUT2D eigenvalue weighted by molar-refractivity contribution is 9.10. The number of β-lactam (4-membered cyclic amide) rings is 1. The quantitative estimate of drug-likeness (QED) is 0.468. The minimum atomic E-state index is -1.28. The van der Waals surface area contributed by atoms with E-state index in [9.17, 15) is 24.3 Å². The van der Waals surface area contributed by atoms with Crippen LogP contribution in [0.3, 0.4) is 0 Å². The average molecular weight is 459 g/mol. The van der Waals surface area contributed by atoms with Gasteiger partial charge in [0.1, 0.15) is 23.7 Å². The monoisotopic (exact) mass is 458 g/mol. The van der Waals surface area contributed by atoms with E-state index in [1.165, 1.54) is 23.4 Å². The van der Waals surface area contributed by atoms with Gasteiger partial charge in [-0.2, -0.15) is 5.10 Å². The Hall–Kier alpha value is -2.34. The average Bonchev–Trinajstić information content (AvgIpc) is 2.94. The maximum atomic E-state index is 12.5. The molecule has 0 spiro atoms. The van der Waals surface area contributed by atoms with E-state index in [-0.39, 0.29) is 23.8 Å². The number of carboxylic acid groups (broad SMARTS) is 1. The third kappa shape index (κ3) is 3.58. The summed E-state index contributed by atoms with van der Waals surface area (Å²) in [7, 11) is 1.66. The van der Waals surface area contributed by atoms with Gasteiger partial charge in [0.2, 0.25) is 0 Å². The Bertz CT molecular complexity index is 882. The SMILES string of the molecule is CC(=O)OCC1=C(C(=O)O)N2C(=O)[C@@H](NC(=O)c3nn(C)cc3Br)[C@H]2SC1. The summed E-state index contributed by atoms with van der Waals surface area (Å²) < 4.78 is 6.81. The second-order valence-corrected chi connectivity index (χ2v) is 7.86. The van der Waals surface area contributed by atoms with Crippen LogP contribution < -0.4 is 5.32 Å². The van der Waals surface area contributed by atoms with Crippen molar-refractivity contribution in [1.29, 1.82) is 0 Å². The molecule has 1 saturated heterocycles. The summed E-state index contributed by atoms with van der Waals surface area (Å²) in [4.78, 5) is 48.6. The van der Waals surface area contributed by atoms with Gasteiger partial charge in [0.05, 0.1) is 4.47 Å². The molecule has 0 radical (unpaired) electrons. The Kier molecular flexibility index (Phi) is 5.29. The third-order valence-corrected chi connectivity index (χ3v) is 5.91. The van der Waals surface area contributed by atoms with Crippen LogP contribution in [0, 0.1) is 0 Å². The number of fused-ring (bicyclic) bond motifs is 1. The van der Waals surface area contributed by atoms with Crippen molar-refractivity contribution in [2.45, 2.75) is 18.3 Å². The minimum Gasteiger partial charge on any atom is -0.477 e. The lowest BCUT2D eigenvalue weighted by Gasteiger charge is -2.49. The van der Waals surface area contributed by atoms with Crippen molar-refractivity contribution in [2.75, 3.05) is 12.4 Å². The second kappa shape index (κ2) is 7.35. The van der Waals surface area contributed by atoms with Gasteiger partial charge in [-0.3, -0.25) is 24.0 Å². The molecule has 3 heterocycles. The molecule has 0 saturated carbocycles. The summed E-state index contributed by atoms with van der Waals surface area (Å²) in [6.07, 6.45) is 1.60. The first-order valence-electron chi connectivity index (χ1n) is 7.74. The molecule has 0 unspecified atom stereocenters. The number of thioether (sulfide) groups is 1. The lowest BCUT2D eigenvalue weighted by atomic mass is 10.0. The van der Waals surface area contributed by atoms with Crippen LogP contribution >= 0.6 is 27.7 Å². The number of aromatic nitrogens is 2. The zero-order valence-corrected chi connectivity index (χ0v) is 16.7. The molecule has 2 atom stereocenters. The smallest absolute Gasteiger partial charge is 0.352 e. The van der Waals surface area contributed by atoms with Gasteiger partial charge < -0.3 is 15.2 Å². The predicted octanol–water partition coefficient (Wildman–Crippen LogP) is 0.0979. The van der Waals surface area contributed by atoms with Crippen molar-refractivity contribution >= 4 is 51.4 Å². The Labute approximate surface area is 166 Å². The molecule has 2 amide bonds. The Morgan fingerprint density at radius 1 is 1.48 bits per heavy atom. The molecule has 12 heteroatoms. The van der Waals surface area contributed by atoms with Crippen molar-refractivity contribution in [3.8, 4) is 0 Å². The Morgan fingerprint density at radius 2 is 2.19 bits per heavy atom. The maximum Gasteiger partial charge on any atom is 0.352 e. The molecular formula is C15H15BrN4O6S. The summed E-state index contributed by atoms with van der Waals surface area (Å²) >= 11 is 4.52. The molecule has 27 heavy (non-hydrogen) atoms. The number of carbonyl (C=O) groups excluding carboxylic acids is 3. The van der Waals surface area contributed by atoms with Crippen LogP contribution in [-0.4, -0.2) is 67.3 Å². The van der Waals surface area contributed by atoms with Gasteiger partial charge in [-0.25, -0.2) is 4.79 Å². The third-order valence-electron chi connectivity index (χ3n) is 3.99. The van der Waals surface area contributed by atoms with E-state index in [1.807, 2.05) is 0 Å². The Balaban J connectivity index is 1.77. The van der Waals surface area contributed by atoms with E-state index in [1.54, 1.807) is 13.2 Å². The molecule has 3 rings (SSSR count). The Morgan fingerprint density at radius 3 is 2.74 bits per heavy atom. The fourth-order valence-electron chi connectivity index (χ4n) is 2.81. The van der Waals surface area contributed by atoms with Gasteiger partial charge in [0.15, 0.2) is 5.69 Å². The summed E-state index contributed by atoms with van der Waals surface area (Å²) in [6.45, 7) is 1.02. The molecule has 2 N–H and O–H groups in total. The molecule has 1 fully saturated rings. The van der Waals surface area contributed by atoms with Crippen molar-refractivity contribution in [3.05, 3.63) is 27.6 Å². The summed E-state index contributed by atoms with van der Waals surface area (Å²) in [6, 6.07) is -0.860. The lowest BCUT2D eigenvalue weighted by Crippen LogP contribution is -2.70. The summed E-state index contributed by atoms with van der Waals surface area (Å²) in [5, 5.41) is 15.6. The van der Waals surface area contributed by atoms with E-state index in [2.05, 4.69) is 26.3 Å². The number of carbonyl (C=O) groups is 4. The number of esters is 1. The molecular weight excluding hydrogens is 444 g/mol. The molecule has 1 aromatic heterocycles. The van der Waals surface area contributed by atoms with Gasteiger partial charge in [-0.05, 0) is 15.9 Å². The van der Waals surface area contributed by atoms with Crippen LogP contribution in [0.25, 0.3) is 0 Å². The highest BCUT2D eigenvalue weighted by Gasteiger charge is 2.54. The van der Waals surface area contributed by atoms with E-state index >= 15 is 0 Å². The van der Waals surface area contributed by atoms with Gasteiger partial charge in [0.25, 0.3) is 11.8 Å². The van der Waals surface area contributed by atoms with Crippen LogP contribution in [0.4, 0.5) is 0 Å². The molecule has 144 valence electrons. The molecule has 0 aromatic carbocycles. The topological polar surface area (TPSA) is 131 Å². The standard InChI is InChI=1S/C15H15BrN4O6S/c1-6(21)26-4-7-5-27-14-10(13(23)20(14)11(7)15(24)25)17-12(22)9-8(16)3-19(2)18-9/h3,10,14H,4-5H2,1-2H3,(H,17,22)(H,24,25)/t10-,14-/m1/s1. The van der Waals surface area contributed by atoms with E-state index in [0.29, 0.717) is 10.0 Å². The highest BCUT2D eigenvalue weighted by Crippen LogP contribution is 2.40. The van der Waals surface area contributed by atoms with Crippen molar-refractivity contribution < 1.29 is 29.0 Å². The van der Waals surface area contributed by atoms with Crippen molar-refractivity contribution in [3.63, 3.8) is 0 Å². The number of rotatable bonds is 5. The van der Waals surface area contributed by atoms with Crippen LogP contribution in [0.1, 0.15) is 17.4 Å². The largest absolute Gasteiger partial charge is 0.477 e. The zero-order valence-electron chi connectivity index (χ0n) is 14.3. The molecule has 2 aliphatic rings. The number of ether oxygens (including phenoxy) is 1. The zero-order chi connectivity index (χ0) is 19.9. The number of nitrogens with zero attached hydrogens (tertiary/aromatic N) is 3. The van der Waals surface area contributed by atoms with E-state index in [0.717, 1.165) is 4.90 Å². The molecule has 1 aromatic rings. The number of carboxylic acids is 1. The molecule has 0 bridgehead atoms. The fraction of sp³-hybridized carbons (Fsp3) is 0.400. The van der Waals surface area contributed by atoms with Crippen LogP contribution in [0.15, 0.2) is 21.9 Å². The van der Waals surface area contributed by atoms with Crippen molar-refractivity contribution in [1.82, 2.24) is 20.0 Å². The lowest BCUT2D eigenvalue weighted by molar-refractivity contribution is -0.149. The summed E-state index contributed by atoms with van der Waals surface area (Å²) in [5.74, 6) is -2.63. The van der Waals surface area contributed by atoms with E-state index < -0.39 is 35.2 Å². The molecule has 2 aliphatic heterocycles. The number of aliphatic carboxylic acids is 1. The van der Waals surface area contributed by atoms with Crippen LogP contribution in [0.5, 0.6) is 0 Å². The number of amides is 2. The first-order valence-corrected chi connectivity index (χ1v) is 9.58. The first-order chi connectivity index (χ1) is 12.7. The van der Waals surface area contributed by atoms with Crippen LogP contribution in [0.2, 0.25) is 0 Å².